The van der Waals surface area contributed by atoms with Gasteiger partial charge >= 0.3 is 5.69 Å². The molecule has 0 saturated carbocycles. The first-order valence-corrected chi connectivity index (χ1v) is 4.59. The van der Waals surface area contributed by atoms with Crippen molar-refractivity contribution in [2.45, 2.75) is 26.3 Å². The van der Waals surface area contributed by atoms with Gasteiger partial charge in [0.15, 0.2) is 0 Å². The van der Waals surface area contributed by atoms with Crippen molar-refractivity contribution < 1.29 is 4.52 Å². The van der Waals surface area contributed by atoms with Crippen LogP contribution in [0.2, 0.25) is 0 Å². The average Bonchev–Trinajstić information content (AvgIpc) is 2.75. The van der Waals surface area contributed by atoms with Crippen LogP contribution in [0.5, 0.6) is 0 Å². The molecule has 0 aliphatic carbocycles. The zero-order chi connectivity index (χ0) is 10.8. The molecule has 0 radical (unpaired) electrons. The van der Waals surface area contributed by atoms with Gasteiger partial charge in [0.25, 0.3) is 0 Å². The van der Waals surface area contributed by atoms with Crippen molar-refractivity contribution in [1.29, 1.82) is 0 Å². The van der Waals surface area contributed by atoms with Crippen molar-refractivity contribution in [2.24, 2.45) is 0 Å². The molecule has 2 heterocycles. The van der Waals surface area contributed by atoms with Crippen LogP contribution in [0.15, 0.2) is 15.4 Å². The Morgan fingerprint density at radius 2 is 2.47 bits per heavy atom. The summed E-state index contributed by atoms with van der Waals surface area (Å²) in [6.45, 7) is 3.71. The van der Waals surface area contributed by atoms with E-state index >= 15 is 0 Å². The maximum absolute atomic E-state index is 11.2. The summed E-state index contributed by atoms with van der Waals surface area (Å²) in [5, 5.41) is 13.1. The molecular formula is C8H11N5O2. The number of hydrogen-bond acceptors (Lipinski definition) is 5. The minimum Gasteiger partial charge on any atom is -0.361 e. The number of nitrogens with zero attached hydrogens (tertiary/aromatic N) is 4. The molecule has 2 aromatic rings. The number of nitrogens with one attached hydrogen (secondary N) is 1. The first-order chi connectivity index (χ1) is 7.16. The summed E-state index contributed by atoms with van der Waals surface area (Å²) in [7, 11) is 0. The zero-order valence-corrected chi connectivity index (χ0v) is 8.47. The molecule has 80 valence electrons. The van der Waals surface area contributed by atoms with Crippen LogP contribution in [0.1, 0.15) is 24.4 Å². The molecule has 0 spiro atoms. The minimum absolute atomic E-state index is 0.108. The molecule has 15 heavy (non-hydrogen) atoms. The van der Waals surface area contributed by atoms with E-state index in [2.05, 4.69) is 20.7 Å². The predicted molar refractivity (Wildman–Crippen MR) is 50.3 cm³/mol. The van der Waals surface area contributed by atoms with E-state index < -0.39 is 0 Å². The van der Waals surface area contributed by atoms with Crippen LogP contribution in [0.4, 0.5) is 0 Å². The Morgan fingerprint density at radius 1 is 1.67 bits per heavy atom. The Hall–Kier alpha value is -1.92. The van der Waals surface area contributed by atoms with Gasteiger partial charge in [0.1, 0.15) is 5.76 Å². The summed E-state index contributed by atoms with van der Waals surface area (Å²) >= 11 is 0. The summed E-state index contributed by atoms with van der Waals surface area (Å²) in [4.78, 5) is 11.2. The number of aromatic nitrogens is 5. The summed E-state index contributed by atoms with van der Waals surface area (Å²) in [5.41, 5.74) is 0.503. The lowest BCUT2D eigenvalue weighted by molar-refractivity contribution is 0.348. The molecule has 0 bridgehead atoms. The lowest BCUT2D eigenvalue weighted by Crippen LogP contribution is -2.23. The lowest BCUT2D eigenvalue weighted by Gasteiger charge is -2.05. The van der Waals surface area contributed by atoms with Crippen molar-refractivity contribution in [3.8, 4) is 0 Å². The minimum atomic E-state index is -0.321. The second-order valence-corrected chi connectivity index (χ2v) is 3.44. The van der Waals surface area contributed by atoms with Gasteiger partial charge in [0.05, 0.1) is 11.7 Å². The highest BCUT2D eigenvalue weighted by atomic mass is 16.5. The fourth-order valence-electron chi connectivity index (χ4n) is 1.38. The van der Waals surface area contributed by atoms with E-state index in [1.165, 1.54) is 4.68 Å². The van der Waals surface area contributed by atoms with Crippen molar-refractivity contribution in [1.82, 2.24) is 25.4 Å². The second-order valence-electron chi connectivity index (χ2n) is 3.44. The molecule has 0 amide bonds. The number of H-pyrrole nitrogens is 1. The van der Waals surface area contributed by atoms with E-state index in [4.69, 9.17) is 4.52 Å². The number of tetrazole rings is 1. The standard InChI is InChI=1S/C8H11N5O2/c1-5-3-7(15-10-5)4-6(2)13-8(14)9-11-12-13/h3,6H,4H2,1-2H3,(H,9,12,14). The van der Waals surface area contributed by atoms with E-state index in [0.29, 0.717) is 6.42 Å². The fourth-order valence-corrected chi connectivity index (χ4v) is 1.38. The third kappa shape index (κ3) is 1.95. The first kappa shape index (κ1) is 9.63. The third-order valence-corrected chi connectivity index (χ3v) is 2.09. The van der Waals surface area contributed by atoms with Gasteiger partial charge in [-0.1, -0.05) is 5.16 Å². The SMILES string of the molecule is Cc1cc(CC(C)n2nn[nH]c2=O)on1. The molecule has 1 unspecified atom stereocenters. The first-order valence-electron chi connectivity index (χ1n) is 4.59. The van der Waals surface area contributed by atoms with Gasteiger partial charge in [-0.05, 0) is 24.3 Å². The van der Waals surface area contributed by atoms with Gasteiger partial charge in [-0.3, -0.25) is 0 Å². The normalized spacial score (nSPS) is 12.9. The van der Waals surface area contributed by atoms with Crippen LogP contribution in [0.25, 0.3) is 0 Å². The Bertz CT molecular complexity index is 497. The van der Waals surface area contributed by atoms with Gasteiger partial charge in [0.2, 0.25) is 0 Å². The quantitative estimate of drug-likeness (QED) is 0.772. The van der Waals surface area contributed by atoms with E-state index in [0.717, 1.165) is 11.5 Å². The van der Waals surface area contributed by atoms with Crippen LogP contribution in [0, 0.1) is 6.92 Å². The van der Waals surface area contributed by atoms with Crippen LogP contribution in [-0.4, -0.2) is 25.4 Å². The highest BCUT2D eigenvalue weighted by molar-refractivity contribution is 5.03. The molecule has 0 fully saturated rings. The van der Waals surface area contributed by atoms with Crippen molar-refractivity contribution in [3.63, 3.8) is 0 Å². The Kier molecular flexibility index (Phi) is 2.36. The second kappa shape index (κ2) is 3.68. The maximum atomic E-state index is 11.2. The molecule has 2 aromatic heterocycles. The van der Waals surface area contributed by atoms with Crippen LogP contribution < -0.4 is 5.69 Å². The molecular weight excluding hydrogens is 198 g/mol. The van der Waals surface area contributed by atoms with Gasteiger partial charge in [-0.25, -0.2) is 9.89 Å². The van der Waals surface area contributed by atoms with Gasteiger partial charge in [0, 0.05) is 12.5 Å². The largest absolute Gasteiger partial charge is 0.361 e. The monoisotopic (exact) mass is 209 g/mol. The fraction of sp³-hybridized carbons (Fsp3) is 0.500. The highest BCUT2D eigenvalue weighted by Crippen LogP contribution is 2.11. The number of aromatic amines is 1. The molecule has 7 heteroatoms. The van der Waals surface area contributed by atoms with Gasteiger partial charge in [-0.15, -0.1) is 0 Å². The van der Waals surface area contributed by atoms with E-state index in [-0.39, 0.29) is 11.7 Å². The Labute approximate surface area is 85.1 Å². The molecule has 0 aromatic carbocycles. The van der Waals surface area contributed by atoms with E-state index in [1.807, 2.05) is 19.9 Å². The summed E-state index contributed by atoms with van der Waals surface area (Å²) in [6, 6.07) is 1.73. The van der Waals surface area contributed by atoms with E-state index in [9.17, 15) is 4.79 Å². The summed E-state index contributed by atoms with van der Waals surface area (Å²) < 4.78 is 6.32. The van der Waals surface area contributed by atoms with Crippen molar-refractivity contribution >= 4 is 0 Å². The topological polar surface area (TPSA) is 89.6 Å². The highest BCUT2D eigenvalue weighted by Gasteiger charge is 2.12. The maximum Gasteiger partial charge on any atom is 0.361 e. The summed E-state index contributed by atoms with van der Waals surface area (Å²) in [5.74, 6) is 0.731. The molecule has 0 aliphatic rings. The molecule has 1 atom stereocenters. The Morgan fingerprint density at radius 3 is 3.00 bits per heavy atom. The smallest absolute Gasteiger partial charge is 0.361 e. The van der Waals surface area contributed by atoms with Crippen molar-refractivity contribution in [2.75, 3.05) is 0 Å². The summed E-state index contributed by atoms with van der Waals surface area (Å²) in [6.07, 6.45) is 0.563. The Balaban J connectivity index is 2.14. The average molecular weight is 209 g/mol. The van der Waals surface area contributed by atoms with Crippen molar-refractivity contribution in [3.05, 3.63) is 28.0 Å². The number of hydrogen-bond donors (Lipinski definition) is 1. The van der Waals surface area contributed by atoms with Crippen LogP contribution in [-0.2, 0) is 6.42 Å². The lowest BCUT2D eigenvalue weighted by atomic mass is 10.2. The molecule has 2 rings (SSSR count). The molecule has 0 aliphatic heterocycles. The number of rotatable bonds is 3. The number of aryl methyl sites for hydroxylation is 1. The predicted octanol–water partition coefficient (Wildman–Crippen LogP) is 0.0665. The zero-order valence-electron chi connectivity index (χ0n) is 8.47. The third-order valence-electron chi connectivity index (χ3n) is 2.09. The van der Waals surface area contributed by atoms with Gasteiger partial charge < -0.3 is 4.52 Å². The molecule has 0 saturated heterocycles. The van der Waals surface area contributed by atoms with Crippen LogP contribution in [0.3, 0.4) is 0 Å². The molecule has 7 nitrogen and oxygen atoms in total. The molecule has 1 N–H and O–H groups in total. The van der Waals surface area contributed by atoms with E-state index in [1.54, 1.807) is 0 Å². The van der Waals surface area contributed by atoms with Crippen LogP contribution >= 0.6 is 0 Å². The van der Waals surface area contributed by atoms with Gasteiger partial charge in [-0.2, -0.15) is 4.68 Å².